The Balaban J connectivity index is 0. The predicted molar refractivity (Wildman–Crippen MR) is 38.2 cm³/mol. The minimum atomic E-state index is 0. The second-order valence-electron chi connectivity index (χ2n) is 2.61. The summed E-state index contributed by atoms with van der Waals surface area (Å²) in [7, 11) is 0. The van der Waals surface area contributed by atoms with Gasteiger partial charge in [0.2, 0.25) is 0 Å². The molecule has 0 aromatic carbocycles. The summed E-state index contributed by atoms with van der Waals surface area (Å²) in [6.07, 6.45) is 3.11. The zero-order valence-corrected chi connectivity index (χ0v) is 10.0. The monoisotopic (exact) mass is 249 g/mol. The molecule has 1 N–H and O–H groups in total. The average molecular weight is 251 g/mol. The number of hydrogen-bond donors (Lipinski definition) is 1. The number of halogens is 1. The smallest absolute Gasteiger partial charge is 0.0650 e. The summed E-state index contributed by atoms with van der Waals surface area (Å²) in [5.74, 6) is 0. The molecule has 1 aliphatic carbocycles. The first kappa shape index (κ1) is 14.2. The Morgan fingerprint density at radius 3 is 2.18 bits per heavy atom. The largest absolute Gasteiger partial charge is 1.00 e. The molecule has 0 fully saturated rings. The number of allylic oxidation sites excluding steroid dienone is 3. The van der Waals surface area contributed by atoms with Gasteiger partial charge in [0.1, 0.15) is 0 Å². The van der Waals surface area contributed by atoms with E-state index < -0.39 is 0 Å². The predicted octanol–water partition coefficient (Wildman–Crippen LogP) is -1.35. The molecule has 1 nitrogen and oxygen atoms in total. The van der Waals surface area contributed by atoms with Gasteiger partial charge in [-0.1, -0.05) is 11.6 Å². The van der Waals surface area contributed by atoms with Crippen molar-refractivity contribution < 1.29 is 43.7 Å². The third-order valence-corrected chi connectivity index (χ3v) is 1.70. The van der Waals surface area contributed by atoms with E-state index >= 15 is 0 Å². The SMILES string of the molecule is CC1=CC(C)=C(CO)C1.[Cl-].[Zr]. The molecule has 0 saturated carbocycles. The van der Waals surface area contributed by atoms with Gasteiger partial charge in [-0.2, -0.15) is 0 Å². The van der Waals surface area contributed by atoms with Gasteiger partial charge >= 0.3 is 0 Å². The molecule has 1 aliphatic rings. The van der Waals surface area contributed by atoms with Crippen LogP contribution in [0.25, 0.3) is 0 Å². The van der Waals surface area contributed by atoms with Crippen LogP contribution in [0, 0.1) is 0 Å². The Bertz CT molecular complexity index is 185. The van der Waals surface area contributed by atoms with Crippen molar-refractivity contribution >= 4 is 0 Å². The molecule has 0 atom stereocenters. The van der Waals surface area contributed by atoms with Crippen molar-refractivity contribution in [2.24, 2.45) is 0 Å². The molecule has 62 valence electrons. The molecule has 0 spiro atoms. The molecular formula is C8H12ClOZr-. The molecule has 0 aromatic heterocycles. The first-order valence-electron chi connectivity index (χ1n) is 3.20. The van der Waals surface area contributed by atoms with Crippen molar-refractivity contribution in [3.05, 3.63) is 22.8 Å². The molecule has 0 radical (unpaired) electrons. The third-order valence-electron chi connectivity index (χ3n) is 1.70. The summed E-state index contributed by atoms with van der Waals surface area (Å²) < 4.78 is 0. The molecule has 0 saturated heterocycles. The Morgan fingerprint density at radius 1 is 1.45 bits per heavy atom. The van der Waals surface area contributed by atoms with E-state index in [1.165, 1.54) is 16.7 Å². The van der Waals surface area contributed by atoms with E-state index in [-0.39, 0.29) is 45.2 Å². The maximum Gasteiger partial charge on any atom is 0.0650 e. The summed E-state index contributed by atoms with van der Waals surface area (Å²) in [5.41, 5.74) is 3.78. The average Bonchev–Trinajstić information content (AvgIpc) is 2.10. The summed E-state index contributed by atoms with van der Waals surface area (Å²) in [4.78, 5) is 0. The van der Waals surface area contributed by atoms with Gasteiger partial charge in [0.05, 0.1) is 6.61 Å². The minimum absolute atomic E-state index is 0. The third kappa shape index (κ3) is 3.69. The molecular weight excluding hydrogens is 239 g/mol. The van der Waals surface area contributed by atoms with Gasteiger partial charge in [-0.25, -0.2) is 0 Å². The van der Waals surface area contributed by atoms with E-state index in [1.807, 2.05) is 6.92 Å². The van der Waals surface area contributed by atoms with Gasteiger partial charge in [0.25, 0.3) is 0 Å². The van der Waals surface area contributed by atoms with Crippen molar-refractivity contribution in [2.75, 3.05) is 6.61 Å². The normalized spacial score (nSPS) is 15.4. The van der Waals surface area contributed by atoms with Gasteiger partial charge in [-0.3, -0.25) is 0 Å². The number of rotatable bonds is 1. The van der Waals surface area contributed by atoms with E-state index in [4.69, 9.17) is 5.11 Å². The molecule has 0 bridgehead atoms. The molecule has 3 heteroatoms. The van der Waals surface area contributed by atoms with Crippen molar-refractivity contribution in [3.8, 4) is 0 Å². The van der Waals surface area contributed by atoms with Crippen LogP contribution in [0.15, 0.2) is 22.8 Å². The fourth-order valence-electron chi connectivity index (χ4n) is 1.18. The maximum atomic E-state index is 8.76. The first-order chi connectivity index (χ1) is 4.24. The standard InChI is InChI=1S/C8H12O.ClH.Zr/c1-6-3-7(2)8(4-6)5-9;;/h3,9H,4-5H2,1-2H3;1H;/p-1. The zero-order valence-electron chi connectivity index (χ0n) is 6.82. The Kier molecular flexibility index (Phi) is 7.93. The van der Waals surface area contributed by atoms with Crippen molar-refractivity contribution in [1.29, 1.82) is 0 Å². The summed E-state index contributed by atoms with van der Waals surface area (Å²) in [6, 6.07) is 0. The van der Waals surface area contributed by atoms with Gasteiger partial charge < -0.3 is 17.5 Å². The Labute approximate surface area is 93.1 Å². The summed E-state index contributed by atoms with van der Waals surface area (Å²) in [6.45, 7) is 4.36. The fourth-order valence-corrected chi connectivity index (χ4v) is 1.18. The van der Waals surface area contributed by atoms with Gasteiger partial charge in [0.15, 0.2) is 0 Å². The van der Waals surface area contributed by atoms with Crippen molar-refractivity contribution in [3.63, 3.8) is 0 Å². The second kappa shape index (κ2) is 6.16. The quantitative estimate of drug-likeness (QED) is 0.610. The molecule has 0 unspecified atom stereocenters. The van der Waals surface area contributed by atoms with Crippen LogP contribution in [0.4, 0.5) is 0 Å². The molecule has 0 aromatic rings. The Morgan fingerprint density at radius 2 is 2.00 bits per heavy atom. The topological polar surface area (TPSA) is 20.2 Å². The van der Waals surface area contributed by atoms with Crippen molar-refractivity contribution in [1.82, 2.24) is 0 Å². The molecule has 11 heavy (non-hydrogen) atoms. The molecule has 0 amide bonds. The van der Waals surface area contributed by atoms with Crippen LogP contribution in [0.3, 0.4) is 0 Å². The van der Waals surface area contributed by atoms with Crippen LogP contribution in [0.1, 0.15) is 20.3 Å². The number of hydrogen-bond acceptors (Lipinski definition) is 1. The molecule has 0 aliphatic heterocycles. The zero-order chi connectivity index (χ0) is 6.85. The van der Waals surface area contributed by atoms with Crippen molar-refractivity contribution in [2.45, 2.75) is 20.3 Å². The van der Waals surface area contributed by atoms with Crippen LogP contribution in [0.2, 0.25) is 0 Å². The van der Waals surface area contributed by atoms with Gasteiger partial charge in [-0.15, -0.1) is 0 Å². The van der Waals surface area contributed by atoms with E-state index in [2.05, 4.69) is 13.0 Å². The molecule has 1 rings (SSSR count). The van der Waals surface area contributed by atoms with E-state index in [0.29, 0.717) is 0 Å². The van der Waals surface area contributed by atoms with Crippen LogP contribution in [-0.4, -0.2) is 11.7 Å². The Hall–Kier alpha value is 0.613. The minimum Gasteiger partial charge on any atom is -1.00 e. The van der Waals surface area contributed by atoms with Crippen LogP contribution in [0.5, 0.6) is 0 Å². The number of aliphatic hydroxyl groups is 1. The first-order valence-corrected chi connectivity index (χ1v) is 3.20. The summed E-state index contributed by atoms with van der Waals surface area (Å²) >= 11 is 0. The van der Waals surface area contributed by atoms with Crippen LogP contribution in [-0.2, 0) is 26.2 Å². The van der Waals surface area contributed by atoms with Gasteiger partial charge in [0, 0.05) is 26.2 Å². The van der Waals surface area contributed by atoms with E-state index in [1.54, 1.807) is 0 Å². The fraction of sp³-hybridized carbons (Fsp3) is 0.500. The van der Waals surface area contributed by atoms with E-state index in [9.17, 15) is 0 Å². The van der Waals surface area contributed by atoms with E-state index in [0.717, 1.165) is 6.42 Å². The van der Waals surface area contributed by atoms with Gasteiger partial charge in [-0.05, 0) is 31.4 Å². The molecule has 0 heterocycles. The second-order valence-corrected chi connectivity index (χ2v) is 2.61. The number of aliphatic hydroxyl groups excluding tert-OH is 1. The maximum absolute atomic E-state index is 8.76. The van der Waals surface area contributed by atoms with Crippen LogP contribution >= 0.6 is 0 Å². The summed E-state index contributed by atoms with van der Waals surface area (Å²) in [5, 5.41) is 8.76. The van der Waals surface area contributed by atoms with Crippen LogP contribution < -0.4 is 12.4 Å².